The molecule has 0 aromatic heterocycles. The summed E-state index contributed by atoms with van der Waals surface area (Å²) in [5.74, 6) is 0. The van der Waals surface area contributed by atoms with Crippen LogP contribution in [0.25, 0.3) is 21.9 Å². The van der Waals surface area contributed by atoms with Gasteiger partial charge in [-0.2, -0.15) is 0 Å². The zero-order valence-electron chi connectivity index (χ0n) is 36.1. The normalized spacial score (nSPS) is 17.0. The van der Waals surface area contributed by atoms with Gasteiger partial charge in [-0.1, -0.05) is 145 Å². The van der Waals surface area contributed by atoms with Gasteiger partial charge in [0.2, 0.25) is 0 Å². The number of aryl methyl sites for hydroxylation is 3. The highest BCUT2D eigenvalue weighted by atomic mass is 15.2. The summed E-state index contributed by atoms with van der Waals surface area (Å²) in [7, 11) is 0. The molecule has 0 saturated carbocycles. The van der Waals surface area contributed by atoms with E-state index in [0.29, 0.717) is 0 Å². The van der Waals surface area contributed by atoms with Crippen LogP contribution >= 0.6 is 0 Å². The molecule has 0 fully saturated rings. The lowest BCUT2D eigenvalue weighted by molar-refractivity contribution is 0.333. The lowest BCUT2D eigenvalue weighted by atomic mass is 9.33. The Bertz CT molecular complexity index is 2860. The Labute approximate surface area is 352 Å². The van der Waals surface area contributed by atoms with Crippen molar-refractivity contribution < 1.29 is 0 Å². The topological polar surface area (TPSA) is 6.48 Å². The number of rotatable bonds is 3. The smallest absolute Gasteiger partial charge is 0.252 e. The van der Waals surface area contributed by atoms with Crippen molar-refractivity contribution in [1.29, 1.82) is 0 Å². The molecule has 7 aromatic rings. The minimum atomic E-state index is -0.00978. The first-order valence-electron chi connectivity index (χ1n) is 22.1. The summed E-state index contributed by atoms with van der Waals surface area (Å²) in [5.41, 5.74) is 23.2. The van der Waals surface area contributed by atoms with E-state index in [1.807, 2.05) is 0 Å². The quantitative estimate of drug-likeness (QED) is 0.165. The second-order valence-electron chi connectivity index (χ2n) is 20.4. The van der Waals surface area contributed by atoms with E-state index in [9.17, 15) is 0 Å². The molecule has 59 heavy (non-hydrogen) atoms. The van der Waals surface area contributed by atoms with Gasteiger partial charge in [0.25, 0.3) is 6.71 Å². The summed E-state index contributed by atoms with van der Waals surface area (Å²) in [4.78, 5) is 5.36. The number of hydrogen-bond donors (Lipinski definition) is 0. The molecule has 2 heterocycles. The van der Waals surface area contributed by atoms with Crippen LogP contribution in [0.1, 0.15) is 101 Å². The molecule has 0 spiro atoms. The van der Waals surface area contributed by atoms with E-state index in [1.54, 1.807) is 0 Å². The van der Waals surface area contributed by atoms with Gasteiger partial charge in [0, 0.05) is 33.7 Å². The molecule has 7 aromatic carbocycles. The van der Waals surface area contributed by atoms with Gasteiger partial charge < -0.3 is 9.80 Å². The van der Waals surface area contributed by atoms with Crippen molar-refractivity contribution in [3.05, 3.63) is 161 Å². The number of anilines is 6. The summed E-state index contributed by atoms with van der Waals surface area (Å²) in [6.45, 7) is 19.3. The number of fused-ring (bicyclic) bond motifs is 6. The molecule has 0 N–H and O–H groups in total. The van der Waals surface area contributed by atoms with Crippen molar-refractivity contribution >= 4 is 68.0 Å². The van der Waals surface area contributed by atoms with Crippen LogP contribution in [0.2, 0.25) is 0 Å². The van der Waals surface area contributed by atoms with E-state index in [-0.39, 0.29) is 23.0 Å². The SMILES string of the molecule is Cc1ccc(N2c3cccc4c3B(c3ccc(C(C)(C)C)cc3N4c3ccc4c5c(cccc35)CCC4)c3ccc4c(c32)C(C)(C)CCC4(C)C)c(-c2ccccc2)c1. The summed E-state index contributed by atoms with van der Waals surface area (Å²) < 4.78 is 0. The van der Waals surface area contributed by atoms with E-state index >= 15 is 0 Å². The molecule has 0 bridgehead atoms. The highest BCUT2D eigenvalue weighted by Crippen LogP contribution is 2.55. The lowest BCUT2D eigenvalue weighted by Crippen LogP contribution is -2.62. The predicted molar refractivity (Wildman–Crippen MR) is 254 cm³/mol. The molecule has 4 aliphatic rings. The van der Waals surface area contributed by atoms with Crippen molar-refractivity contribution in [2.75, 3.05) is 9.80 Å². The molecule has 2 aliphatic heterocycles. The van der Waals surface area contributed by atoms with Crippen molar-refractivity contribution in [2.45, 2.75) is 104 Å². The minimum Gasteiger partial charge on any atom is -0.311 e. The summed E-state index contributed by atoms with van der Waals surface area (Å²) in [6, 6.07) is 49.8. The molecular weight excluding hydrogens is 711 g/mol. The first-order chi connectivity index (χ1) is 28.3. The minimum absolute atomic E-state index is 0.00200. The van der Waals surface area contributed by atoms with Crippen molar-refractivity contribution in [1.82, 2.24) is 0 Å². The Kier molecular flexibility index (Phi) is 7.89. The van der Waals surface area contributed by atoms with Gasteiger partial charge in [0.15, 0.2) is 0 Å². The maximum atomic E-state index is 2.71. The van der Waals surface area contributed by atoms with E-state index in [4.69, 9.17) is 0 Å². The zero-order valence-corrected chi connectivity index (χ0v) is 36.1. The molecule has 292 valence electrons. The van der Waals surface area contributed by atoms with Gasteiger partial charge in [-0.25, -0.2) is 0 Å². The maximum Gasteiger partial charge on any atom is 0.252 e. The summed E-state index contributed by atoms with van der Waals surface area (Å²) >= 11 is 0. The van der Waals surface area contributed by atoms with E-state index in [0.717, 1.165) is 19.3 Å². The summed E-state index contributed by atoms with van der Waals surface area (Å²) in [6.07, 6.45) is 5.84. The fraction of sp³-hybridized carbons (Fsp3) is 0.286. The van der Waals surface area contributed by atoms with Crippen LogP contribution in [0.5, 0.6) is 0 Å². The van der Waals surface area contributed by atoms with Crippen molar-refractivity contribution in [3.8, 4) is 11.1 Å². The molecule has 2 nitrogen and oxygen atoms in total. The van der Waals surface area contributed by atoms with E-state index in [2.05, 4.69) is 193 Å². The first-order valence-corrected chi connectivity index (χ1v) is 22.1. The third kappa shape index (κ3) is 5.39. The van der Waals surface area contributed by atoms with Gasteiger partial charge >= 0.3 is 0 Å². The highest BCUT2D eigenvalue weighted by molar-refractivity contribution is 7.00. The third-order valence-electron chi connectivity index (χ3n) is 14.6. The van der Waals surface area contributed by atoms with Gasteiger partial charge in [0.1, 0.15) is 0 Å². The molecule has 0 saturated heterocycles. The molecular formula is C56H55BN2. The summed E-state index contributed by atoms with van der Waals surface area (Å²) in [5, 5.41) is 2.83. The fourth-order valence-corrected chi connectivity index (χ4v) is 11.4. The monoisotopic (exact) mass is 766 g/mol. The average molecular weight is 767 g/mol. The van der Waals surface area contributed by atoms with Crippen LogP contribution in [0.4, 0.5) is 34.1 Å². The third-order valence-corrected chi connectivity index (χ3v) is 14.6. The van der Waals surface area contributed by atoms with Crippen LogP contribution in [0.3, 0.4) is 0 Å². The molecule has 0 unspecified atom stereocenters. The van der Waals surface area contributed by atoms with Crippen LogP contribution in [-0.2, 0) is 29.1 Å². The Morgan fingerprint density at radius 1 is 0.576 bits per heavy atom. The lowest BCUT2D eigenvalue weighted by Gasteiger charge is -2.49. The number of benzene rings is 7. The first kappa shape index (κ1) is 36.5. The van der Waals surface area contributed by atoms with Crippen LogP contribution in [-0.4, -0.2) is 6.71 Å². The van der Waals surface area contributed by atoms with E-state index in [1.165, 1.54) is 119 Å². The van der Waals surface area contributed by atoms with Crippen molar-refractivity contribution in [2.24, 2.45) is 0 Å². The molecule has 2 aliphatic carbocycles. The predicted octanol–water partition coefficient (Wildman–Crippen LogP) is 13.0. The fourth-order valence-electron chi connectivity index (χ4n) is 11.4. The molecule has 0 atom stereocenters. The molecule has 0 radical (unpaired) electrons. The average Bonchev–Trinajstić information content (AvgIpc) is 3.23. The Hall–Kier alpha value is -5.54. The van der Waals surface area contributed by atoms with Crippen LogP contribution in [0.15, 0.2) is 127 Å². The Morgan fingerprint density at radius 2 is 1.27 bits per heavy atom. The second-order valence-corrected chi connectivity index (χ2v) is 20.4. The van der Waals surface area contributed by atoms with E-state index < -0.39 is 0 Å². The molecule has 0 amide bonds. The Balaban J connectivity index is 1.28. The number of nitrogens with zero attached hydrogens (tertiary/aromatic N) is 2. The van der Waals surface area contributed by atoms with Gasteiger partial charge in [0.05, 0.1) is 11.4 Å². The van der Waals surface area contributed by atoms with Crippen LogP contribution < -0.4 is 26.2 Å². The Morgan fingerprint density at radius 3 is 2.05 bits per heavy atom. The zero-order chi connectivity index (χ0) is 40.6. The van der Waals surface area contributed by atoms with Crippen LogP contribution in [0, 0.1) is 6.92 Å². The second kappa shape index (κ2) is 12.7. The molecule has 11 rings (SSSR count). The highest BCUT2D eigenvalue weighted by Gasteiger charge is 2.48. The van der Waals surface area contributed by atoms with Gasteiger partial charge in [-0.3, -0.25) is 0 Å². The van der Waals surface area contributed by atoms with Gasteiger partial charge in [-0.05, 0) is 147 Å². The van der Waals surface area contributed by atoms with Crippen molar-refractivity contribution in [3.63, 3.8) is 0 Å². The standard InChI is InChI=1S/C56H55BN2/c1-35-23-29-46(41(33-35)36-15-10-9-11-16-36)59-48-22-14-21-47-52(48)57(44-28-26-42-51(53(44)59)56(7,8)32-31-55(42,5)6)43-27-25-39(54(2,3)4)34-49(43)58(47)45-30-24-38-18-12-17-37-19-13-20-40(45)50(37)38/h9-11,13-16,19-30,33-34H,12,17-18,31-32H2,1-8H3. The molecule has 3 heteroatoms. The maximum absolute atomic E-state index is 2.71. The largest absolute Gasteiger partial charge is 0.311 e. The van der Waals surface area contributed by atoms with Gasteiger partial charge in [-0.15, -0.1) is 0 Å². The number of hydrogen-bond acceptors (Lipinski definition) is 2.